The topological polar surface area (TPSA) is 72.2 Å². The van der Waals surface area contributed by atoms with E-state index in [0.29, 0.717) is 15.8 Å². The van der Waals surface area contributed by atoms with Crippen LogP contribution in [0, 0.1) is 19.7 Å². The number of aliphatic carboxylic acids is 1. The van der Waals surface area contributed by atoms with E-state index in [0.717, 1.165) is 10.4 Å². The summed E-state index contributed by atoms with van der Waals surface area (Å²) >= 11 is 1.39. The Labute approximate surface area is 153 Å². The van der Waals surface area contributed by atoms with Crippen molar-refractivity contribution in [1.29, 1.82) is 0 Å². The van der Waals surface area contributed by atoms with Gasteiger partial charge in [-0.3, -0.25) is 9.36 Å². The summed E-state index contributed by atoms with van der Waals surface area (Å²) < 4.78 is 15.3. The van der Waals surface area contributed by atoms with Crippen LogP contribution in [0.4, 0.5) is 4.39 Å². The van der Waals surface area contributed by atoms with Crippen LogP contribution >= 0.6 is 11.3 Å². The molecule has 1 aromatic carbocycles. The predicted octanol–water partition coefficient (Wildman–Crippen LogP) is 3.84. The van der Waals surface area contributed by atoms with E-state index < -0.39 is 17.8 Å². The van der Waals surface area contributed by atoms with Crippen LogP contribution in [-0.4, -0.2) is 20.6 Å². The standard InChI is InChI=1S/C19H19FN2O3S/c1-4-14(19(24)25)22-15(9-12-7-5-6-8-13(12)20)21-17-16(18(22)23)10(2)11(3)26-17/h5-8,14H,4,9H2,1-3H3,(H,24,25). The highest BCUT2D eigenvalue weighted by atomic mass is 32.1. The minimum atomic E-state index is -1.10. The van der Waals surface area contributed by atoms with E-state index >= 15 is 0 Å². The van der Waals surface area contributed by atoms with E-state index in [1.165, 1.54) is 22.0 Å². The number of hydrogen-bond donors (Lipinski definition) is 1. The molecule has 0 aliphatic heterocycles. The lowest BCUT2D eigenvalue weighted by Crippen LogP contribution is -2.33. The number of halogens is 1. The summed E-state index contributed by atoms with van der Waals surface area (Å²) in [4.78, 5) is 30.9. The van der Waals surface area contributed by atoms with Crippen LogP contribution in [0.1, 0.15) is 41.2 Å². The van der Waals surface area contributed by atoms with Gasteiger partial charge in [-0.1, -0.05) is 25.1 Å². The van der Waals surface area contributed by atoms with Crippen LogP contribution < -0.4 is 5.56 Å². The highest BCUT2D eigenvalue weighted by molar-refractivity contribution is 7.18. The number of aryl methyl sites for hydroxylation is 2. The molecule has 0 radical (unpaired) electrons. The van der Waals surface area contributed by atoms with Crippen LogP contribution in [0.5, 0.6) is 0 Å². The molecule has 5 nitrogen and oxygen atoms in total. The fraction of sp³-hybridized carbons (Fsp3) is 0.316. The first kappa shape index (κ1) is 18.3. The molecule has 0 saturated carbocycles. The van der Waals surface area contributed by atoms with E-state index in [-0.39, 0.29) is 24.2 Å². The number of carbonyl (C=O) groups is 1. The summed E-state index contributed by atoms with van der Waals surface area (Å²) in [5, 5.41) is 10.0. The quantitative estimate of drug-likeness (QED) is 0.736. The van der Waals surface area contributed by atoms with Crippen molar-refractivity contribution in [3.05, 3.63) is 62.3 Å². The number of carboxylic acid groups (broad SMARTS) is 1. The van der Waals surface area contributed by atoms with E-state index in [1.807, 2.05) is 13.8 Å². The highest BCUT2D eigenvalue weighted by Gasteiger charge is 2.26. The molecular formula is C19H19FN2O3S. The summed E-state index contributed by atoms with van der Waals surface area (Å²) in [5.74, 6) is -1.24. The lowest BCUT2D eigenvalue weighted by molar-refractivity contribution is -0.141. The maximum atomic E-state index is 14.1. The van der Waals surface area contributed by atoms with Crippen molar-refractivity contribution in [2.24, 2.45) is 0 Å². The van der Waals surface area contributed by atoms with Crippen LogP contribution in [0.15, 0.2) is 29.1 Å². The number of fused-ring (bicyclic) bond motifs is 1. The second-order valence-electron chi connectivity index (χ2n) is 6.20. The van der Waals surface area contributed by atoms with Gasteiger partial charge in [0.2, 0.25) is 0 Å². The van der Waals surface area contributed by atoms with Gasteiger partial charge in [-0.25, -0.2) is 14.2 Å². The average molecular weight is 374 g/mol. The van der Waals surface area contributed by atoms with Gasteiger partial charge in [0.15, 0.2) is 0 Å². The number of aromatic nitrogens is 2. The Balaban J connectivity index is 2.31. The van der Waals surface area contributed by atoms with Gasteiger partial charge in [-0.05, 0) is 37.5 Å². The molecule has 2 heterocycles. The SMILES string of the molecule is CCC(C(=O)O)n1c(Cc2ccccc2F)nc2sc(C)c(C)c2c1=O. The Morgan fingerprint density at radius 1 is 1.35 bits per heavy atom. The van der Waals surface area contributed by atoms with Crippen molar-refractivity contribution in [3.8, 4) is 0 Å². The van der Waals surface area contributed by atoms with Crippen molar-refractivity contribution in [3.63, 3.8) is 0 Å². The van der Waals surface area contributed by atoms with Gasteiger partial charge in [0.05, 0.1) is 5.39 Å². The Morgan fingerprint density at radius 3 is 2.65 bits per heavy atom. The van der Waals surface area contributed by atoms with E-state index in [4.69, 9.17) is 0 Å². The summed E-state index contributed by atoms with van der Waals surface area (Å²) in [6.45, 7) is 5.43. The van der Waals surface area contributed by atoms with Crippen LogP contribution in [0.25, 0.3) is 10.2 Å². The smallest absolute Gasteiger partial charge is 0.326 e. The van der Waals surface area contributed by atoms with E-state index in [9.17, 15) is 19.1 Å². The zero-order chi connectivity index (χ0) is 19.0. The molecule has 0 aliphatic carbocycles. The molecule has 1 N–H and O–H groups in total. The molecule has 0 aliphatic rings. The predicted molar refractivity (Wildman–Crippen MR) is 99.5 cm³/mol. The molecule has 0 fully saturated rings. The fourth-order valence-electron chi connectivity index (χ4n) is 3.07. The number of nitrogens with zero attached hydrogens (tertiary/aromatic N) is 2. The zero-order valence-corrected chi connectivity index (χ0v) is 15.6. The summed E-state index contributed by atoms with van der Waals surface area (Å²) in [6, 6.07) is 5.20. The number of hydrogen-bond acceptors (Lipinski definition) is 4. The average Bonchev–Trinajstić information content (AvgIpc) is 2.87. The maximum Gasteiger partial charge on any atom is 0.326 e. The molecule has 1 unspecified atom stereocenters. The van der Waals surface area contributed by atoms with Gasteiger partial charge in [0.1, 0.15) is 22.5 Å². The first-order chi connectivity index (χ1) is 12.3. The molecule has 0 bridgehead atoms. The van der Waals surface area contributed by atoms with Crippen LogP contribution in [-0.2, 0) is 11.2 Å². The summed E-state index contributed by atoms with van der Waals surface area (Å²) in [6.07, 6.45) is 0.284. The molecule has 0 amide bonds. The third-order valence-electron chi connectivity index (χ3n) is 4.60. The Kier molecular flexibility index (Phi) is 4.91. The highest BCUT2D eigenvalue weighted by Crippen LogP contribution is 2.28. The van der Waals surface area contributed by atoms with Gasteiger partial charge < -0.3 is 5.11 Å². The third kappa shape index (κ3) is 3.03. The first-order valence-electron chi connectivity index (χ1n) is 8.32. The molecule has 2 aromatic heterocycles. The maximum absolute atomic E-state index is 14.1. The Bertz CT molecular complexity index is 1050. The van der Waals surface area contributed by atoms with E-state index in [2.05, 4.69) is 4.98 Å². The number of carboxylic acids is 1. The molecule has 0 spiro atoms. The first-order valence-corrected chi connectivity index (χ1v) is 9.14. The van der Waals surface area contributed by atoms with Gasteiger partial charge in [0.25, 0.3) is 5.56 Å². The summed E-state index contributed by atoms with van der Waals surface area (Å²) in [5.41, 5.74) is 0.809. The molecule has 0 saturated heterocycles. The normalized spacial score (nSPS) is 12.5. The molecule has 1 atom stereocenters. The second-order valence-corrected chi connectivity index (χ2v) is 7.40. The van der Waals surface area contributed by atoms with E-state index in [1.54, 1.807) is 25.1 Å². The molecule has 3 aromatic rings. The Hall–Kier alpha value is -2.54. The van der Waals surface area contributed by atoms with Crippen molar-refractivity contribution < 1.29 is 14.3 Å². The molecular weight excluding hydrogens is 355 g/mol. The molecule has 136 valence electrons. The fourth-order valence-corrected chi connectivity index (χ4v) is 4.11. The van der Waals surface area contributed by atoms with Gasteiger partial charge in [0, 0.05) is 11.3 Å². The van der Waals surface area contributed by atoms with Gasteiger partial charge >= 0.3 is 5.97 Å². The number of thiophene rings is 1. The zero-order valence-electron chi connectivity index (χ0n) is 14.7. The lowest BCUT2D eigenvalue weighted by atomic mass is 10.1. The second kappa shape index (κ2) is 6.99. The van der Waals surface area contributed by atoms with Gasteiger partial charge in [-0.15, -0.1) is 11.3 Å². The van der Waals surface area contributed by atoms with Crippen molar-refractivity contribution >= 4 is 27.5 Å². The van der Waals surface area contributed by atoms with Crippen LogP contribution in [0.3, 0.4) is 0 Å². The van der Waals surface area contributed by atoms with Gasteiger partial charge in [-0.2, -0.15) is 0 Å². The van der Waals surface area contributed by atoms with Crippen molar-refractivity contribution in [2.45, 2.75) is 39.7 Å². The molecule has 7 heteroatoms. The lowest BCUT2D eigenvalue weighted by Gasteiger charge is -2.18. The monoisotopic (exact) mass is 374 g/mol. The third-order valence-corrected chi connectivity index (χ3v) is 5.70. The Morgan fingerprint density at radius 2 is 2.04 bits per heavy atom. The minimum absolute atomic E-state index is 0.0532. The number of benzene rings is 1. The largest absolute Gasteiger partial charge is 0.480 e. The van der Waals surface area contributed by atoms with Crippen molar-refractivity contribution in [2.75, 3.05) is 0 Å². The van der Waals surface area contributed by atoms with Crippen LogP contribution in [0.2, 0.25) is 0 Å². The summed E-state index contributed by atoms with van der Waals surface area (Å²) in [7, 11) is 0. The molecule has 3 rings (SSSR count). The molecule has 26 heavy (non-hydrogen) atoms. The van der Waals surface area contributed by atoms with Crippen molar-refractivity contribution in [1.82, 2.24) is 9.55 Å². The minimum Gasteiger partial charge on any atom is -0.480 e. The number of rotatable bonds is 5.